The molecule has 0 aromatic heterocycles. The van der Waals surface area contributed by atoms with Crippen LogP contribution < -0.4 is 14.8 Å². The van der Waals surface area contributed by atoms with Gasteiger partial charge in [-0.2, -0.15) is 0 Å². The van der Waals surface area contributed by atoms with E-state index in [0.29, 0.717) is 45.0 Å². The number of carbonyl (C=O) groups excluding carboxylic acids is 3. The lowest BCUT2D eigenvalue weighted by Gasteiger charge is -2.13. The molecule has 0 bridgehead atoms. The summed E-state index contributed by atoms with van der Waals surface area (Å²) in [6.45, 7) is 6.06. The molecule has 3 aromatic rings. The van der Waals surface area contributed by atoms with Crippen LogP contribution in [-0.2, 0) is 16.1 Å². The largest absolute Gasteiger partial charge is 0.490 e. The fourth-order valence-electron chi connectivity index (χ4n) is 3.77. The molecule has 3 amide bonds. The summed E-state index contributed by atoms with van der Waals surface area (Å²) in [6, 6.07) is 15.8. The summed E-state index contributed by atoms with van der Waals surface area (Å²) in [5, 5.41) is 3.19. The van der Waals surface area contributed by atoms with Crippen LogP contribution in [0.15, 0.2) is 59.5 Å². The lowest BCUT2D eigenvalue weighted by Crippen LogP contribution is -2.27. The van der Waals surface area contributed by atoms with E-state index in [1.807, 2.05) is 39.0 Å². The molecule has 1 aliphatic heterocycles. The van der Waals surface area contributed by atoms with Crippen molar-refractivity contribution in [3.05, 3.63) is 91.8 Å². The Labute approximate surface area is 241 Å². The minimum atomic E-state index is -0.405. The number of hydrogen-bond acceptors (Lipinski definition) is 6. The van der Waals surface area contributed by atoms with E-state index in [1.54, 1.807) is 42.5 Å². The topological polar surface area (TPSA) is 84.9 Å². The van der Waals surface area contributed by atoms with Crippen molar-refractivity contribution in [2.24, 2.45) is 0 Å². The van der Waals surface area contributed by atoms with Crippen LogP contribution in [0.25, 0.3) is 6.08 Å². The third-order valence-electron chi connectivity index (χ3n) is 5.91. The van der Waals surface area contributed by atoms with Gasteiger partial charge in [0.25, 0.3) is 17.1 Å². The number of hydrogen-bond donors (Lipinski definition) is 1. The van der Waals surface area contributed by atoms with Crippen LogP contribution in [0.5, 0.6) is 11.5 Å². The van der Waals surface area contributed by atoms with E-state index in [4.69, 9.17) is 32.7 Å². The summed E-state index contributed by atoms with van der Waals surface area (Å²) < 4.78 is 11.4. The van der Waals surface area contributed by atoms with Crippen molar-refractivity contribution in [2.45, 2.75) is 27.3 Å². The van der Waals surface area contributed by atoms with Gasteiger partial charge < -0.3 is 14.8 Å². The van der Waals surface area contributed by atoms with Gasteiger partial charge >= 0.3 is 0 Å². The summed E-state index contributed by atoms with van der Waals surface area (Å²) in [4.78, 5) is 39.4. The Morgan fingerprint density at radius 1 is 0.949 bits per heavy atom. The first-order valence-corrected chi connectivity index (χ1v) is 13.7. The zero-order valence-electron chi connectivity index (χ0n) is 21.5. The Balaban J connectivity index is 1.44. The maximum absolute atomic E-state index is 13.0. The zero-order valence-corrected chi connectivity index (χ0v) is 23.9. The monoisotopic (exact) mass is 584 g/mol. The quantitative estimate of drug-likeness (QED) is 0.266. The molecule has 0 spiro atoms. The Hall–Kier alpha value is -3.46. The van der Waals surface area contributed by atoms with Crippen LogP contribution >= 0.6 is 35.0 Å². The fourth-order valence-corrected chi connectivity index (χ4v) is 4.93. The van der Waals surface area contributed by atoms with Crippen LogP contribution in [0.3, 0.4) is 0 Å². The number of ether oxygens (including phenoxy) is 2. The number of imide groups is 1. The normalized spacial score (nSPS) is 14.2. The number of halogens is 2. The lowest BCUT2D eigenvalue weighted by molar-refractivity contribution is -0.123. The predicted octanol–water partition coefficient (Wildman–Crippen LogP) is 7.26. The van der Waals surface area contributed by atoms with E-state index in [9.17, 15) is 14.4 Å². The highest BCUT2D eigenvalue weighted by Crippen LogP contribution is 2.36. The third kappa shape index (κ3) is 7.15. The second-order valence-corrected chi connectivity index (χ2v) is 10.6. The van der Waals surface area contributed by atoms with Gasteiger partial charge in [0.1, 0.15) is 0 Å². The molecule has 0 radical (unpaired) electrons. The first-order chi connectivity index (χ1) is 18.6. The summed E-state index contributed by atoms with van der Waals surface area (Å²) in [5.41, 5.74) is 4.25. The van der Waals surface area contributed by atoms with Crippen LogP contribution in [0.1, 0.15) is 29.2 Å². The van der Waals surface area contributed by atoms with Gasteiger partial charge in [0.2, 0.25) is 0 Å². The average molecular weight is 586 g/mol. The van der Waals surface area contributed by atoms with E-state index in [1.165, 1.54) is 0 Å². The molecule has 1 saturated heterocycles. The highest BCUT2D eigenvalue weighted by Gasteiger charge is 2.35. The number of thioether (sulfide) groups is 1. The molecule has 0 atom stereocenters. The number of benzene rings is 3. The van der Waals surface area contributed by atoms with Gasteiger partial charge in [0.05, 0.1) is 28.1 Å². The number of nitrogens with zero attached hydrogens (tertiary/aromatic N) is 1. The van der Waals surface area contributed by atoms with Gasteiger partial charge in [-0.05, 0) is 97.3 Å². The SMILES string of the molecule is CCOc1cc(/C=C2/SC(=O)N(Cc3ccc(Cl)c(Cl)c3)C2=O)ccc1OCC(=O)Nc1ccc(C)c(C)c1. The number of rotatable bonds is 9. The van der Waals surface area contributed by atoms with Crippen LogP contribution in [0.2, 0.25) is 10.0 Å². The van der Waals surface area contributed by atoms with E-state index >= 15 is 0 Å². The molecule has 3 aromatic carbocycles. The minimum Gasteiger partial charge on any atom is -0.490 e. The molecule has 0 unspecified atom stereocenters. The maximum Gasteiger partial charge on any atom is 0.293 e. The average Bonchev–Trinajstić information content (AvgIpc) is 3.15. The number of nitrogens with one attached hydrogen (secondary N) is 1. The van der Waals surface area contributed by atoms with Gasteiger partial charge in [-0.3, -0.25) is 19.3 Å². The molecule has 0 saturated carbocycles. The molecule has 1 N–H and O–H groups in total. The summed E-state index contributed by atoms with van der Waals surface area (Å²) >= 11 is 12.9. The Bertz CT molecular complexity index is 1470. The highest BCUT2D eigenvalue weighted by atomic mass is 35.5. The Morgan fingerprint density at radius 3 is 2.46 bits per heavy atom. The van der Waals surface area contributed by atoms with Crippen molar-refractivity contribution >= 4 is 63.8 Å². The van der Waals surface area contributed by atoms with Gasteiger partial charge in [0.15, 0.2) is 18.1 Å². The van der Waals surface area contributed by atoms with Crippen molar-refractivity contribution in [1.29, 1.82) is 0 Å². The fraction of sp³-hybridized carbons (Fsp3) is 0.207. The molecular formula is C29H26Cl2N2O5S. The van der Waals surface area contributed by atoms with E-state index in [-0.39, 0.29) is 29.2 Å². The second-order valence-electron chi connectivity index (χ2n) is 8.79. The molecule has 7 nitrogen and oxygen atoms in total. The highest BCUT2D eigenvalue weighted by molar-refractivity contribution is 8.18. The van der Waals surface area contributed by atoms with Crippen LogP contribution in [-0.4, -0.2) is 35.2 Å². The van der Waals surface area contributed by atoms with Gasteiger partial charge in [-0.15, -0.1) is 0 Å². The Kier molecular flexibility index (Phi) is 9.22. The molecule has 4 rings (SSSR count). The molecule has 0 aliphatic carbocycles. The van der Waals surface area contributed by atoms with Crippen molar-refractivity contribution in [3.8, 4) is 11.5 Å². The number of amides is 3. The predicted molar refractivity (Wildman–Crippen MR) is 156 cm³/mol. The van der Waals surface area contributed by atoms with E-state index < -0.39 is 5.91 Å². The van der Waals surface area contributed by atoms with Crippen molar-refractivity contribution in [1.82, 2.24) is 4.90 Å². The maximum atomic E-state index is 13.0. The van der Waals surface area contributed by atoms with Crippen molar-refractivity contribution in [2.75, 3.05) is 18.5 Å². The molecule has 1 heterocycles. The third-order valence-corrected chi connectivity index (χ3v) is 7.56. The van der Waals surface area contributed by atoms with Gasteiger partial charge in [-0.1, -0.05) is 41.4 Å². The van der Waals surface area contributed by atoms with Crippen LogP contribution in [0, 0.1) is 13.8 Å². The molecule has 1 aliphatic rings. The number of anilines is 1. The zero-order chi connectivity index (χ0) is 28.1. The minimum absolute atomic E-state index is 0.0834. The summed E-state index contributed by atoms with van der Waals surface area (Å²) in [6.07, 6.45) is 1.62. The summed E-state index contributed by atoms with van der Waals surface area (Å²) in [7, 11) is 0. The second kappa shape index (κ2) is 12.6. The van der Waals surface area contributed by atoms with Crippen LogP contribution in [0.4, 0.5) is 10.5 Å². The van der Waals surface area contributed by atoms with Crippen molar-refractivity contribution in [3.63, 3.8) is 0 Å². The Morgan fingerprint density at radius 2 is 1.74 bits per heavy atom. The lowest BCUT2D eigenvalue weighted by atomic mass is 10.1. The van der Waals surface area contributed by atoms with E-state index in [0.717, 1.165) is 27.8 Å². The molecule has 1 fully saturated rings. The smallest absolute Gasteiger partial charge is 0.293 e. The van der Waals surface area contributed by atoms with E-state index in [2.05, 4.69) is 5.32 Å². The number of carbonyl (C=O) groups is 3. The summed E-state index contributed by atoms with van der Waals surface area (Å²) in [5.74, 6) is 0.0926. The van der Waals surface area contributed by atoms with Gasteiger partial charge in [0, 0.05) is 5.69 Å². The van der Waals surface area contributed by atoms with Gasteiger partial charge in [-0.25, -0.2) is 0 Å². The molecular weight excluding hydrogens is 559 g/mol. The first kappa shape index (κ1) is 28.5. The molecule has 202 valence electrons. The number of aryl methyl sites for hydroxylation is 2. The first-order valence-electron chi connectivity index (χ1n) is 12.1. The molecule has 39 heavy (non-hydrogen) atoms. The van der Waals surface area contributed by atoms with Crippen molar-refractivity contribution < 1.29 is 23.9 Å². The molecule has 10 heteroatoms. The standard InChI is InChI=1S/C29H26Cl2N2O5S/c1-4-37-25-13-19(7-10-24(25)38-16-27(34)32-21-8-5-17(2)18(3)11-21)14-26-28(35)33(29(36)39-26)15-20-6-9-22(30)23(31)12-20/h5-14H,4,15-16H2,1-3H3,(H,32,34)/b26-14+.